The molecule has 1 fully saturated rings. The number of fused-ring (bicyclic) bond motifs is 3. The van der Waals surface area contributed by atoms with Crippen molar-refractivity contribution in [2.45, 2.75) is 48.9 Å². The van der Waals surface area contributed by atoms with Gasteiger partial charge in [0.15, 0.2) is 5.43 Å². The molecule has 0 bridgehead atoms. The summed E-state index contributed by atoms with van der Waals surface area (Å²) < 4.78 is 1.77. The summed E-state index contributed by atoms with van der Waals surface area (Å²) in [6.07, 6.45) is 7.22. The third-order valence-corrected chi connectivity index (χ3v) is 5.85. The third-order valence-electron chi connectivity index (χ3n) is 4.62. The second kappa shape index (κ2) is 5.83. The van der Waals surface area contributed by atoms with Crippen LogP contribution in [-0.2, 0) is 5.75 Å². The van der Waals surface area contributed by atoms with Crippen LogP contribution in [0.4, 0.5) is 0 Å². The number of H-pyrrole nitrogens is 1. The highest BCUT2D eigenvalue weighted by Gasteiger charge is 2.27. The Bertz CT molecular complexity index is 884. The number of nitrogens with one attached hydrogen (secondary N) is 1. The van der Waals surface area contributed by atoms with Gasteiger partial charge in [-0.25, -0.2) is 4.98 Å². The molecule has 1 aliphatic heterocycles. The summed E-state index contributed by atoms with van der Waals surface area (Å²) in [6, 6.07) is 1.58. The summed E-state index contributed by atoms with van der Waals surface area (Å²) in [4.78, 5) is 32.6. The van der Waals surface area contributed by atoms with E-state index in [0.717, 1.165) is 25.7 Å². The SMILES string of the molecule is O=c1cc(Cl)[nH]c2c1-c1ncn(C3CCCCC3)c(=O)c1CS2. The number of pyridine rings is 1. The van der Waals surface area contributed by atoms with Crippen molar-refractivity contribution in [1.29, 1.82) is 0 Å². The van der Waals surface area contributed by atoms with Gasteiger partial charge in [0, 0.05) is 17.9 Å². The van der Waals surface area contributed by atoms with Gasteiger partial charge in [-0.2, -0.15) is 0 Å². The second-order valence-electron chi connectivity index (χ2n) is 6.05. The van der Waals surface area contributed by atoms with Crippen LogP contribution >= 0.6 is 23.4 Å². The van der Waals surface area contributed by atoms with Crippen LogP contribution in [0.2, 0.25) is 5.15 Å². The lowest BCUT2D eigenvalue weighted by atomic mass is 9.95. The minimum atomic E-state index is -0.195. The van der Waals surface area contributed by atoms with Crippen molar-refractivity contribution in [1.82, 2.24) is 14.5 Å². The third kappa shape index (κ3) is 2.54. The van der Waals surface area contributed by atoms with Crippen LogP contribution in [0.5, 0.6) is 0 Å². The zero-order valence-electron chi connectivity index (χ0n) is 12.5. The molecule has 1 N–H and O–H groups in total. The molecule has 3 heterocycles. The van der Waals surface area contributed by atoms with Gasteiger partial charge in [0.25, 0.3) is 5.56 Å². The lowest BCUT2D eigenvalue weighted by molar-refractivity contribution is 0.343. The van der Waals surface area contributed by atoms with Gasteiger partial charge in [0.2, 0.25) is 0 Å². The summed E-state index contributed by atoms with van der Waals surface area (Å²) in [6.45, 7) is 0. The molecule has 0 saturated heterocycles. The van der Waals surface area contributed by atoms with Gasteiger partial charge in [0.1, 0.15) is 5.15 Å². The number of nitrogens with zero attached hydrogens (tertiary/aromatic N) is 2. The summed E-state index contributed by atoms with van der Waals surface area (Å²) in [5, 5.41) is 0.998. The smallest absolute Gasteiger partial charge is 0.258 e. The average molecular weight is 350 g/mol. The van der Waals surface area contributed by atoms with E-state index in [0.29, 0.717) is 32.8 Å². The second-order valence-corrected chi connectivity index (χ2v) is 7.44. The molecule has 0 unspecified atom stereocenters. The topological polar surface area (TPSA) is 67.8 Å². The van der Waals surface area contributed by atoms with Crippen LogP contribution in [0.1, 0.15) is 43.7 Å². The normalized spacial score (nSPS) is 17.6. The highest BCUT2D eigenvalue weighted by Crippen LogP contribution is 2.36. The van der Waals surface area contributed by atoms with Crippen LogP contribution in [0, 0.1) is 0 Å². The first-order valence-corrected chi connectivity index (χ1v) is 9.17. The summed E-state index contributed by atoms with van der Waals surface area (Å²) >= 11 is 7.35. The van der Waals surface area contributed by atoms with Crippen molar-refractivity contribution >= 4 is 23.4 Å². The molecule has 0 radical (unpaired) electrons. The van der Waals surface area contributed by atoms with Crippen molar-refractivity contribution in [3.05, 3.63) is 43.7 Å². The van der Waals surface area contributed by atoms with E-state index in [-0.39, 0.29) is 17.0 Å². The van der Waals surface area contributed by atoms with E-state index in [1.165, 1.54) is 24.2 Å². The summed E-state index contributed by atoms with van der Waals surface area (Å²) in [7, 11) is 0. The lowest BCUT2D eigenvalue weighted by Gasteiger charge is -2.25. The van der Waals surface area contributed by atoms with Crippen molar-refractivity contribution in [2.24, 2.45) is 0 Å². The van der Waals surface area contributed by atoms with E-state index in [2.05, 4.69) is 9.97 Å². The van der Waals surface area contributed by atoms with Gasteiger partial charge in [-0.05, 0) is 12.8 Å². The fourth-order valence-electron chi connectivity index (χ4n) is 3.46. The quantitative estimate of drug-likeness (QED) is 0.801. The van der Waals surface area contributed by atoms with Crippen LogP contribution in [0.3, 0.4) is 0 Å². The van der Waals surface area contributed by atoms with E-state index in [9.17, 15) is 9.59 Å². The number of aromatic amines is 1. The molecule has 2 aromatic rings. The van der Waals surface area contributed by atoms with Gasteiger partial charge >= 0.3 is 0 Å². The minimum Gasteiger partial charge on any atom is -0.340 e. The first kappa shape index (κ1) is 15.0. The van der Waals surface area contributed by atoms with E-state index in [1.807, 2.05) is 0 Å². The molecule has 7 heteroatoms. The molecule has 2 aromatic heterocycles. The minimum absolute atomic E-state index is 0.00519. The van der Waals surface area contributed by atoms with Crippen molar-refractivity contribution in [3.8, 4) is 11.3 Å². The Morgan fingerprint density at radius 2 is 2.04 bits per heavy atom. The van der Waals surface area contributed by atoms with Gasteiger partial charge in [-0.1, -0.05) is 30.9 Å². The van der Waals surface area contributed by atoms with Crippen molar-refractivity contribution < 1.29 is 0 Å². The maximum Gasteiger partial charge on any atom is 0.258 e. The van der Waals surface area contributed by atoms with E-state index < -0.39 is 0 Å². The Morgan fingerprint density at radius 1 is 1.26 bits per heavy atom. The van der Waals surface area contributed by atoms with Crippen LogP contribution in [0.15, 0.2) is 27.0 Å². The molecule has 0 aromatic carbocycles. The summed E-state index contributed by atoms with van der Waals surface area (Å²) in [5.74, 6) is 0.512. The van der Waals surface area contributed by atoms with Gasteiger partial charge < -0.3 is 4.98 Å². The molecular formula is C16H16ClN3O2S. The molecule has 23 heavy (non-hydrogen) atoms. The lowest BCUT2D eigenvalue weighted by Crippen LogP contribution is -2.31. The zero-order valence-corrected chi connectivity index (χ0v) is 14.0. The molecule has 0 spiro atoms. The Morgan fingerprint density at radius 3 is 2.83 bits per heavy atom. The van der Waals surface area contributed by atoms with Crippen molar-refractivity contribution in [2.75, 3.05) is 0 Å². The molecule has 120 valence electrons. The van der Waals surface area contributed by atoms with Crippen LogP contribution < -0.4 is 11.0 Å². The average Bonchev–Trinajstić information content (AvgIpc) is 2.55. The van der Waals surface area contributed by atoms with Crippen LogP contribution in [-0.4, -0.2) is 14.5 Å². The van der Waals surface area contributed by atoms with Crippen LogP contribution in [0.25, 0.3) is 11.3 Å². The molecule has 0 amide bonds. The molecule has 1 aliphatic carbocycles. The highest BCUT2D eigenvalue weighted by molar-refractivity contribution is 7.98. The van der Waals surface area contributed by atoms with Gasteiger partial charge in [-0.3, -0.25) is 14.2 Å². The molecule has 1 saturated carbocycles. The number of thioether (sulfide) groups is 1. The zero-order chi connectivity index (χ0) is 16.0. The molecular weight excluding hydrogens is 334 g/mol. The monoisotopic (exact) mass is 349 g/mol. The maximum atomic E-state index is 12.9. The predicted octanol–water partition coefficient (Wildman–Crippen LogP) is 3.36. The fraction of sp³-hybridized carbons (Fsp3) is 0.438. The summed E-state index contributed by atoms with van der Waals surface area (Å²) in [5.41, 5.74) is 1.40. The number of aromatic nitrogens is 3. The standard InChI is InChI=1S/C16H16ClN3O2S/c17-12-6-11(21)13-14-10(7-23-15(13)19-12)16(22)20(8-18-14)9-4-2-1-3-5-9/h6,8-9H,1-5,7H2,(H,19,21). The number of hydrogen-bond donors (Lipinski definition) is 1. The first-order chi connectivity index (χ1) is 11.1. The first-order valence-electron chi connectivity index (χ1n) is 7.81. The van der Waals surface area contributed by atoms with Gasteiger partial charge in [-0.15, -0.1) is 11.8 Å². The highest BCUT2D eigenvalue weighted by atomic mass is 35.5. The Hall–Kier alpha value is -1.53. The predicted molar refractivity (Wildman–Crippen MR) is 91.2 cm³/mol. The Kier molecular flexibility index (Phi) is 3.81. The Balaban J connectivity index is 1.86. The number of hydrogen-bond acceptors (Lipinski definition) is 4. The van der Waals surface area contributed by atoms with Gasteiger partial charge in [0.05, 0.1) is 28.2 Å². The molecule has 4 rings (SSSR count). The van der Waals surface area contributed by atoms with Crippen molar-refractivity contribution in [3.63, 3.8) is 0 Å². The van der Waals surface area contributed by atoms with E-state index in [1.54, 1.807) is 10.9 Å². The molecule has 2 aliphatic rings. The fourth-order valence-corrected chi connectivity index (χ4v) is 4.78. The van der Waals surface area contributed by atoms with E-state index >= 15 is 0 Å². The number of rotatable bonds is 1. The maximum absolute atomic E-state index is 12.9. The number of halogens is 1. The molecule has 0 atom stereocenters. The van der Waals surface area contributed by atoms with E-state index in [4.69, 9.17) is 11.6 Å². The molecule has 5 nitrogen and oxygen atoms in total. The largest absolute Gasteiger partial charge is 0.340 e. The Labute approximate surface area is 142 Å².